The average molecular weight is 285 g/mol. The number of aromatic nitrogens is 2. The molecule has 5 heteroatoms. The summed E-state index contributed by atoms with van der Waals surface area (Å²) in [7, 11) is 0. The smallest absolute Gasteiger partial charge is 0.335 e. The van der Waals surface area contributed by atoms with Gasteiger partial charge in [-0.2, -0.15) is 0 Å². The fourth-order valence-corrected chi connectivity index (χ4v) is 2.10. The normalized spacial score (nSPS) is 11.9. The summed E-state index contributed by atoms with van der Waals surface area (Å²) in [5, 5.41) is 12.4. The van der Waals surface area contributed by atoms with Gasteiger partial charge in [-0.3, -0.25) is 4.98 Å². The molecular weight excluding hydrogens is 266 g/mol. The first-order valence-corrected chi connectivity index (χ1v) is 7.02. The van der Waals surface area contributed by atoms with E-state index >= 15 is 0 Å². The molecule has 2 aromatic heterocycles. The third-order valence-electron chi connectivity index (χ3n) is 3.13. The summed E-state index contributed by atoms with van der Waals surface area (Å²) in [6, 6.07) is 8.84. The second kappa shape index (κ2) is 6.83. The Morgan fingerprint density at radius 2 is 2.19 bits per heavy atom. The number of aromatic carboxylic acids is 1. The molecule has 2 heterocycles. The van der Waals surface area contributed by atoms with E-state index < -0.39 is 5.97 Å². The number of nitrogens with one attached hydrogen (secondary N) is 1. The molecule has 0 aliphatic heterocycles. The summed E-state index contributed by atoms with van der Waals surface area (Å²) in [5.74, 6) is -0.375. The molecule has 0 fully saturated rings. The Kier molecular flexibility index (Phi) is 4.87. The van der Waals surface area contributed by atoms with E-state index in [0.29, 0.717) is 5.82 Å². The highest BCUT2D eigenvalue weighted by molar-refractivity contribution is 5.88. The van der Waals surface area contributed by atoms with E-state index in [9.17, 15) is 9.90 Å². The summed E-state index contributed by atoms with van der Waals surface area (Å²) in [4.78, 5) is 20.0. The van der Waals surface area contributed by atoms with Crippen LogP contribution < -0.4 is 5.32 Å². The van der Waals surface area contributed by atoms with Gasteiger partial charge in [-0.15, -0.1) is 0 Å². The van der Waals surface area contributed by atoms with E-state index in [-0.39, 0.29) is 11.6 Å². The van der Waals surface area contributed by atoms with Gasteiger partial charge in [0, 0.05) is 11.9 Å². The van der Waals surface area contributed by atoms with Gasteiger partial charge in [0.05, 0.1) is 17.3 Å². The van der Waals surface area contributed by atoms with Crippen molar-refractivity contribution < 1.29 is 9.90 Å². The Hall–Kier alpha value is -2.43. The van der Waals surface area contributed by atoms with Crippen LogP contribution in [0.4, 0.5) is 5.82 Å². The third-order valence-corrected chi connectivity index (χ3v) is 3.13. The summed E-state index contributed by atoms with van der Waals surface area (Å²) in [5.41, 5.74) is 1.93. The lowest BCUT2D eigenvalue weighted by Crippen LogP contribution is -2.11. The number of hydrogen-bond acceptors (Lipinski definition) is 4. The van der Waals surface area contributed by atoms with Gasteiger partial charge in [0.25, 0.3) is 0 Å². The monoisotopic (exact) mass is 285 g/mol. The zero-order valence-corrected chi connectivity index (χ0v) is 12.2. The number of anilines is 1. The molecule has 0 radical (unpaired) electrons. The molecule has 0 bridgehead atoms. The van der Waals surface area contributed by atoms with E-state index in [1.165, 1.54) is 0 Å². The number of aryl methyl sites for hydroxylation is 1. The first kappa shape index (κ1) is 15.0. The van der Waals surface area contributed by atoms with E-state index in [1.807, 2.05) is 32.0 Å². The Bertz CT molecular complexity index is 614. The van der Waals surface area contributed by atoms with Gasteiger partial charge < -0.3 is 10.4 Å². The van der Waals surface area contributed by atoms with Crippen molar-refractivity contribution in [3.05, 3.63) is 53.5 Å². The van der Waals surface area contributed by atoms with Crippen molar-refractivity contribution in [2.24, 2.45) is 0 Å². The van der Waals surface area contributed by atoms with Crippen LogP contribution in [0.1, 0.15) is 48.1 Å². The fourth-order valence-electron chi connectivity index (χ4n) is 2.10. The molecule has 0 aliphatic carbocycles. The minimum Gasteiger partial charge on any atom is -0.478 e. The maximum atomic E-state index is 11.2. The number of carboxylic acid groups (broad SMARTS) is 1. The van der Waals surface area contributed by atoms with E-state index in [0.717, 1.165) is 24.2 Å². The summed E-state index contributed by atoms with van der Waals surface area (Å²) >= 11 is 0. The van der Waals surface area contributed by atoms with E-state index in [2.05, 4.69) is 15.3 Å². The molecule has 0 spiro atoms. The van der Waals surface area contributed by atoms with Crippen LogP contribution in [0.25, 0.3) is 0 Å². The van der Waals surface area contributed by atoms with Gasteiger partial charge in [0.1, 0.15) is 5.82 Å². The minimum atomic E-state index is -0.941. The number of nitrogens with zero attached hydrogens (tertiary/aromatic N) is 2. The Balaban J connectivity index is 2.24. The van der Waals surface area contributed by atoms with Gasteiger partial charge in [-0.25, -0.2) is 9.78 Å². The van der Waals surface area contributed by atoms with Gasteiger partial charge in [0.15, 0.2) is 0 Å². The largest absolute Gasteiger partial charge is 0.478 e. The average Bonchev–Trinajstić information content (AvgIpc) is 2.48. The van der Waals surface area contributed by atoms with Crippen LogP contribution in [0.2, 0.25) is 0 Å². The quantitative estimate of drug-likeness (QED) is 0.851. The van der Waals surface area contributed by atoms with Crippen molar-refractivity contribution in [1.29, 1.82) is 0 Å². The van der Waals surface area contributed by atoms with Gasteiger partial charge in [-0.05, 0) is 37.6 Å². The molecule has 1 atom stereocenters. The van der Waals surface area contributed by atoms with Crippen molar-refractivity contribution >= 4 is 11.8 Å². The van der Waals surface area contributed by atoms with Crippen LogP contribution in [0.15, 0.2) is 36.5 Å². The summed E-state index contributed by atoms with van der Waals surface area (Å²) in [6.07, 6.45) is 3.41. The lowest BCUT2D eigenvalue weighted by Gasteiger charge is -2.15. The molecule has 0 saturated carbocycles. The lowest BCUT2D eigenvalue weighted by molar-refractivity contribution is 0.0696. The molecule has 0 aromatic carbocycles. The second-order valence-corrected chi connectivity index (χ2v) is 4.91. The Morgan fingerprint density at radius 3 is 2.81 bits per heavy atom. The first-order chi connectivity index (χ1) is 10.1. The number of carbonyl (C=O) groups is 1. The molecule has 2 N–H and O–H groups in total. The molecule has 2 aromatic rings. The second-order valence-electron chi connectivity index (χ2n) is 4.91. The van der Waals surface area contributed by atoms with Crippen molar-refractivity contribution in [3.63, 3.8) is 0 Å². The van der Waals surface area contributed by atoms with Gasteiger partial charge >= 0.3 is 5.97 Å². The first-order valence-electron chi connectivity index (χ1n) is 7.02. The molecule has 0 aliphatic rings. The topological polar surface area (TPSA) is 75.1 Å². The van der Waals surface area contributed by atoms with Crippen molar-refractivity contribution in [1.82, 2.24) is 9.97 Å². The molecule has 0 amide bonds. The zero-order valence-electron chi connectivity index (χ0n) is 12.2. The van der Waals surface area contributed by atoms with Crippen LogP contribution >= 0.6 is 0 Å². The van der Waals surface area contributed by atoms with E-state index in [4.69, 9.17) is 0 Å². The molecule has 0 saturated heterocycles. The number of hydrogen-bond donors (Lipinski definition) is 2. The van der Waals surface area contributed by atoms with Gasteiger partial charge in [-0.1, -0.05) is 19.4 Å². The molecule has 21 heavy (non-hydrogen) atoms. The maximum Gasteiger partial charge on any atom is 0.335 e. The zero-order chi connectivity index (χ0) is 15.2. The van der Waals surface area contributed by atoms with Crippen molar-refractivity contribution in [3.8, 4) is 0 Å². The van der Waals surface area contributed by atoms with Crippen molar-refractivity contribution in [2.75, 3.05) is 5.32 Å². The van der Waals surface area contributed by atoms with Crippen molar-refractivity contribution in [2.45, 2.75) is 32.7 Å². The molecular formula is C16H19N3O2. The number of pyridine rings is 2. The molecule has 1 unspecified atom stereocenters. The third kappa shape index (κ3) is 4.02. The maximum absolute atomic E-state index is 11.2. The predicted octanol–water partition coefficient (Wildman–Crippen LogP) is 3.30. The van der Waals surface area contributed by atoms with Crippen LogP contribution in [0.5, 0.6) is 0 Å². The predicted molar refractivity (Wildman–Crippen MR) is 81.5 cm³/mol. The van der Waals surface area contributed by atoms with Crippen LogP contribution in [0.3, 0.4) is 0 Å². The highest BCUT2D eigenvalue weighted by atomic mass is 16.4. The van der Waals surface area contributed by atoms with Crippen LogP contribution in [-0.4, -0.2) is 21.0 Å². The number of carboxylic acids is 1. The molecule has 2 rings (SSSR count). The van der Waals surface area contributed by atoms with Crippen LogP contribution in [0, 0.1) is 0 Å². The minimum absolute atomic E-state index is 0.0442. The SMILES string of the molecule is CCCc1cc(C(=O)O)cc(NC(C)c2ccccn2)n1. The Labute approximate surface area is 124 Å². The van der Waals surface area contributed by atoms with Crippen LogP contribution in [-0.2, 0) is 6.42 Å². The standard InChI is InChI=1S/C16H19N3O2/c1-3-6-13-9-12(16(20)21)10-15(19-13)18-11(2)14-7-4-5-8-17-14/h4-5,7-11H,3,6H2,1-2H3,(H,18,19)(H,20,21). The van der Waals surface area contributed by atoms with E-state index in [1.54, 1.807) is 18.3 Å². The molecule has 110 valence electrons. The highest BCUT2D eigenvalue weighted by Crippen LogP contribution is 2.18. The Morgan fingerprint density at radius 1 is 1.38 bits per heavy atom. The fraction of sp³-hybridized carbons (Fsp3) is 0.312. The summed E-state index contributed by atoms with van der Waals surface area (Å²) < 4.78 is 0. The highest BCUT2D eigenvalue weighted by Gasteiger charge is 2.11. The van der Waals surface area contributed by atoms with Gasteiger partial charge in [0.2, 0.25) is 0 Å². The number of rotatable bonds is 6. The lowest BCUT2D eigenvalue weighted by atomic mass is 10.1. The summed E-state index contributed by atoms with van der Waals surface area (Å²) in [6.45, 7) is 4.01. The molecule has 5 nitrogen and oxygen atoms in total.